The number of ether oxygens (including phenoxy) is 1. The predicted octanol–water partition coefficient (Wildman–Crippen LogP) is 1.02. The van der Waals surface area contributed by atoms with E-state index in [4.69, 9.17) is 10.5 Å². The van der Waals surface area contributed by atoms with Crippen LogP contribution in [0.15, 0.2) is 23.1 Å². The van der Waals surface area contributed by atoms with Crippen molar-refractivity contribution < 1.29 is 18.1 Å². The lowest BCUT2D eigenvalue weighted by molar-refractivity contribution is -0.387. The number of anilines is 1. The van der Waals surface area contributed by atoms with E-state index in [1.807, 2.05) is 0 Å². The molecule has 0 amide bonds. The largest absolute Gasteiger partial charge is 0.399 e. The molecule has 8 nitrogen and oxygen atoms in total. The molecule has 0 bridgehead atoms. The van der Waals surface area contributed by atoms with Crippen LogP contribution in [-0.2, 0) is 14.8 Å². The van der Waals surface area contributed by atoms with Gasteiger partial charge in [-0.15, -0.1) is 0 Å². The van der Waals surface area contributed by atoms with Crippen LogP contribution in [-0.4, -0.2) is 32.1 Å². The molecule has 1 aliphatic heterocycles. The minimum atomic E-state index is -4.02. The molecule has 116 valence electrons. The molecule has 9 heteroatoms. The van der Waals surface area contributed by atoms with E-state index >= 15 is 0 Å². The van der Waals surface area contributed by atoms with Gasteiger partial charge in [0, 0.05) is 24.4 Å². The fraction of sp³-hybridized carbons (Fsp3) is 0.500. The molecule has 0 aliphatic carbocycles. The van der Waals surface area contributed by atoms with E-state index in [1.165, 1.54) is 6.07 Å². The number of rotatable bonds is 5. The van der Waals surface area contributed by atoms with Crippen LogP contribution in [0, 0.1) is 10.1 Å². The summed E-state index contributed by atoms with van der Waals surface area (Å²) >= 11 is 0. The Morgan fingerprint density at radius 2 is 2.24 bits per heavy atom. The molecule has 21 heavy (non-hydrogen) atoms. The molecule has 2 atom stereocenters. The highest BCUT2D eigenvalue weighted by molar-refractivity contribution is 7.89. The first kappa shape index (κ1) is 15.7. The lowest BCUT2D eigenvalue weighted by Gasteiger charge is -2.19. The quantitative estimate of drug-likeness (QED) is 0.475. The standard InChI is InChI=1S/C12H17N3O5S/c1-8(11-3-2-6-20-11)14-21(18,19)12-5-4-9(13)7-10(12)15(16)17/h4-5,7-8,11,14H,2-3,6,13H2,1H3. The van der Waals surface area contributed by atoms with Gasteiger partial charge < -0.3 is 10.5 Å². The van der Waals surface area contributed by atoms with Gasteiger partial charge in [-0.3, -0.25) is 10.1 Å². The van der Waals surface area contributed by atoms with Crippen LogP contribution in [0.3, 0.4) is 0 Å². The molecule has 0 aromatic heterocycles. The first-order chi connectivity index (χ1) is 9.81. The zero-order valence-corrected chi connectivity index (χ0v) is 12.3. The summed E-state index contributed by atoms with van der Waals surface area (Å²) in [5, 5.41) is 11.0. The maximum Gasteiger partial charge on any atom is 0.291 e. The Balaban J connectivity index is 2.29. The van der Waals surface area contributed by atoms with Crippen molar-refractivity contribution >= 4 is 21.4 Å². The van der Waals surface area contributed by atoms with Crippen LogP contribution in [0.5, 0.6) is 0 Å². The third kappa shape index (κ3) is 3.49. The predicted molar refractivity (Wildman–Crippen MR) is 76.3 cm³/mol. The maximum atomic E-state index is 12.3. The van der Waals surface area contributed by atoms with E-state index < -0.39 is 31.6 Å². The monoisotopic (exact) mass is 315 g/mol. The highest BCUT2D eigenvalue weighted by Gasteiger charge is 2.31. The van der Waals surface area contributed by atoms with Crippen LogP contribution in [0.1, 0.15) is 19.8 Å². The number of hydrogen-bond acceptors (Lipinski definition) is 6. The highest BCUT2D eigenvalue weighted by atomic mass is 32.2. The Morgan fingerprint density at radius 3 is 2.81 bits per heavy atom. The molecule has 2 unspecified atom stereocenters. The lowest BCUT2D eigenvalue weighted by Crippen LogP contribution is -2.40. The summed E-state index contributed by atoms with van der Waals surface area (Å²) in [6.45, 7) is 2.27. The first-order valence-corrected chi connectivity index (χ1v) is 7.97. The third-order valence-electron chi connectivity index (χ3n) is 3.33. The van der Waals surface area contributed by atoms with Gasteiger partial charge in [-0.2, -0.15) is 0 Å². The van der Waals surface area contributed by atoms with Gasteiger partial charge in [0.05, 0.1) is 11.0 Å². The second-order valence-electron chi connectivity index (χ2n) is 4.95. The number of nitro groups is 1. The Morgan fingerprint density at radius 1 is 1.52 bits per heavy atom. The summed E-state index contributed by atoms with van der Waals surface area (Å²) in [7, 11) is -4.02. The van der Waals surface area contributed by atoms with Crippen LogP contribution >= 0.6 is 0 Å². The fourth-order valence-corrected chi connectivity index (χ4v) is 3.71. The molecule has 0 spiro atoms. The number of nitrogens with zero attached hydrogens (tertiary/aromatic N) is 1. The number of benzene rings is 1. The summed E-state index contributed by atoms with van der Waals surface area (Å²) in [6.07, 6.45) is 1.42. The zero-order valence-electron chi connectivity index (χ0n) is 11.5. The SMILES string of the molecule is CC(NS(=O)(=O)c1ccc(N)cc1[N+](=O)[O-])C1CCCO1. The van der Waals surface area contributed by atoms with E-state index in [9.17, 15) is 18.5 Å². The number of nitrogen functional groups attached to an aromatic ring is 1. The van der Waals surface area contributed by atoms with E-state index in [0.29, 0.717) is 6.61 Å². The van der Waals surface area contributed by atoms with E-state index in [-0.39, 0.29) is 11.8 Å². The van der Waals surface area contributed by atoms with Gasteiger partial charge in [0.15, 0.2) is 4.90 Å². The maximum absolute atomic E-state index is 12.3. The van der Waals surface area contributed by atoms with Crippen molar-refractivity contribution in [1.82, 2.24) is 4.72 Å². The molecule has 1 heterocycles. The minimum Gasteiger partial charge on any atom is -0.399 e. The van der Waals surface area contributed by atoms with E-state index in [0.717, 1.165) is 25.0 Å². The average molecular weight is 315 g/mol. The number of nitro benzene ring substituents is 1. The Bertz CT molecular complexity index is 640. The van der Waals surface area contributed by atoms with Gasteiger partial charge in [-0.05, 0) is 31.9 Å². The van der Waals surface area contributed by atoms with Crippen molar-refractivity contribution in [3.05, 3.63) is 28.3 Å². The lowest BCUT2D eigenvalue weighted by atomic mass is 10.1. The molecule has 1 aromatic carbocycles. The molecular formula is C12H17N3O5S. The summed E-state index contributed by atoms with van der Waals surface area (Å²) in [4.78, 5) is 9.84. The van der Waals surface area contributed by atoms with Crippen molar-refractivity contribution in [2.45, 2.75) is 36.8 Å². The van der Waals surface area contributed by atoms with E-state index in [2.05, 4.69) is 4.72 Å². The topological polar surface area (TPSA) is 125 Å². The van der Waals surface area contributed by atoms with Crippen molar-refractivity contribution in [3.8, 4) is 0 Å². The smallest absolute Gasteiger partial charge is 0.291 e. The van der Waals surface area contributed by atoms with Gasteiger partial charge in [0.1, 0.15) is 0 Å². The normalized spacial score (nSPS) is 20.3. The third-order valence-corrected chi connectivity index (χ3v) is 4.94. The van der Waals surface area contributed by atoms with Crippen LogP contribution < -0.4 is 10.5 Å². The number of hydrogen-bond donors (Lipinski definition) is 2. The van der Waals surface area contributed by atoms with Crippen molar-refractivity contribution in [2.75, 3.05) is 12.3 Å². The van der Waals surface area contributed by atoms with Crippen LogP contribution in [0.4, 0.5) is 11.4 Å². The minimum absolute atomic E-state index is 0.132. The Hall–Kier alpha value is -1.71. The number of sulfonamides is 1. The average Bonchev–Trinajstić information content (AvgIpc) is 2.91. The first-order valence-electron chi connectivity index (χ1n) is 6.49. The fourth-order valence-electron chi connectivity index (χ4n) is 2.29. The van der Waals surface area contributed by atoms with Gasteiger partial charge in [-0.1, -0.05) is 0 Å². The molecule has 0 radical (unpaired) electrons. The molecule has 3 N–H and O–H groups in total. The molecule has 1 aromatic rings. The van der Waals surface area contributed by atoms with Crippen molar-refractivity contribution in [3.63, 3.8) is 0 Å². The summed E-state index contributed by atoms with van der Waals surface area (Å²) < 4.78 is 32.5. The molecule has 2 rings (SSSR count). The van der Waals surface area contributed by atoms with Gasteiger partial charge >= 0.3 is 0 Å². The molecule has 1 aliphatic rings. The number of nitrogens with one attached hydrogen (secondary N) is 1. The Labute approximate surface area is 122 Å². The molecule has 1 saturated heterocycles. The van der Waals surface area contributed by atoms with Crippen LogP contribution in [0.25, 0.3) is 0 Å². The Kier molecular flexibility index (Phi) is 4.45. The van der Waals surface area contributed by atoms with Gasteiger partial charge in [0.25, 0.3) is 5.69 Å². The second kappa shape index (κ2) is 5.96. The highest BCUT2D eigenvalue weighted by Crippen LogP contribution is 2.26. The number of nitrogens with two attached hydrogens (primary N) is 1. The molecular weight excluding hydrogens is 298 g/mol. The van der Waals surface area contributed by atoms with Crippen LogP contribution in [0.2, 0.25) is 0 Å². The molecule has 0 saturated carbocycles. The second-order valence-corrected chi connectivity index (χ2v) is 6.63. The van der Waals surface area contributed by atoms with Gasteiger partial charge in [-0.25, -0.2) is 13.1 Å². The molecule has 1 fully saturated rings. The summed E-state index contributed by atoms with van der Waals surface area (Å²) in [6, 6.07) is 3.02. The summed E-state index contributed by atoms with van der Waals surface area (Å²) in [5.41, 5.74) is 5.06. The van der Waals surface area contributed by atoms with Crippen molar-refractivity contribution in [2.24, 2.45) is 0 Å². The zero-order chi connectivity index (χ0) is 15.6. The van der Waals surface area contributed by atoms with E-state index in [1.54, 1.807) is 6.92 Å². The van der Waals surface area contributed by atoms with Crippen molar-refractivity contribution in [1.29, 1.82) is 0 Å². The summed E-state index contributed by atoms with van der Waals surface area (Å²) in [5.74, 6) is 0. The van der Waals surface area contributed by atoms with Gasteiger partial charge in [0.2, 0.25) is 10.0 Å².